The molecule has 2 amide bonds. The lowest BCUT2D eigenvalue weighted by Crippen LogP contribution is -2.62. The topological polar surface area (TPSA) is 107 Å². The molecule has 0 bridgehead atoms. The summed E-state index contributed by atoms with van der Waals surface area (Å²) in [7, 11) is 3.79. The van der Waals surface area contributed by atoms with Crippen molar-refractivity contribution in [1.82, 2.24) is 35.2 Å². The molecule has 2 aliphatic heterocycles. The van der Waals surface area contributed by atoms with Crippen LogP contribution < -0.4 is 15.0 Å². The molecular formula is C34H53FN8O3. The second-order valence-corrected chi connectivity index (χ2v) is 13.8. The minimum absolute atomic E-state index is 0.0502. The summed E-state index contributed by atoms with van der Waals surface area (Å²) >= 11 is 0. The lowest BCUT2D eigenvalue weighted by atomic mass is 9.76. The van der Waals surface area contributed by atoms with Crippen molar-refractivity contribution in [2.75, 3.05) is 58.3 Å². The standard InChI is InChI=1S/C34H53FN8O3/c1-9-43(24(4)5)33(45)27-18-26(35)12-13-29(27)46-32-31(37-22-38-39-32)41-16-14-34(19-41)20-42(21-34)28(23(2)3)11-10-15-40(8)25(6)17-30(44)36-7/h12-13,18,22-25,28H,9-11,14-17,19-21H2,1-8H3,(H,36,44)/t25-,28-/m1/s1. The molecule has 2 atom stereocenters. The number of hydrogen-bond acceptors (Lipinski definition) is 9. The number of benzene rings is 1. The number of aromatic nitrogens is 3. The average molecular weight is 641 g/mol. The Morgan fingerprint density at radius 1 is 1.15 bits per heavy atom. The number of likely N-dealkylation sites (tertiary alicyclic amines) is 1. The summed E-state index contributed by atoms with van der Waals surface area (Å²) in [4.78, 5) is 38.5. The summed E-state index contributed by atoms with van der Waals surface area (Å²) in [5.41, 5.74) is 0.316. The molecule has 1 spiro atoms. The van der Waals surface area contributed by atoms with Gasteiger partial charge in [0.25, 0.3) is 11.8 Å². The van der Waals surface area contributed by atoms with Crippen molar-refractivity contribution in [2.24, 2.45) is 11.3 Å². The molecule has 0 saturated carbocycles. The van der Waals surface area contributed by atoms with Gasteiger partial charge in [0.15, 0.2) is 5.82 Å². The number of nitrogens with zero attached hydrogens (tertiary/aromatic N) is 7. The van der Waals surface area contributed by atoms with Gasteiger partial charge in [0.2, 0.25) is 5.91 Å². The summed E-state index contributed by atoms with van der Waals surface area (Å²) in [5, 5.41) is 10.9. The highest BCUT2D eigenvalue weighted by atomic mass is 19.1. The zero-order valence-electron chi connectivity index (χ0n) is 28.9. The molecule has 1 aromatic carbocycles. The number of rotatable bonds is 15. The van der Waals surface area contributed by atoms with Gasteiger partial charge in [0, 0.05) is 69.7 Å². The van der Waals surface area contributed by atoms with Crippen molar-refractivity contribution in [3.05, 3.63) is 35.9 Å². The summed E-state index contributed by atoms with van der Waals surface area (Å²) in [5.74, 6) is 0.828. The van der Waals surface area contributed by atoms with E-state index in [-0.39, 0.29) is 46.5 Å². The molecule has 0 aliphatic carbocycles. The van der Waals surface area contributed by atoms with Gasteiger partial charge >= 0.3 is 0 Å². The van der Waals surface area contributed by atoms with Gasteiger partial charge in [0.1, 0.15) is 17.9 Å². The van der Waals surface area contributed by atoms with Gasteiger partial charge in [-0.1, -0.05) is 13.8 Å². The summed E-state index contributed by atoms with van der Waals surface area (Å²) in [6.07, 6.45) is 5.17. The minimum atomic E-state index is -0.508. The third-order valence-electron chi connectivity index (χ3n) is 9.75. The van der Waals surface area contributed by atoms with Crippen molar-refractivity contribution < 1.29 is 18.7 Å². The van der Waals surface area contributed by atoms with Gasteiger partial charge < -0.3 is 24.8 Å². The van der Waals surface area contributed by atoms with Crippen LogP contribution in [0.25, 0.3) is 0 Å². The SMILES string of the molecule is CCN(C(=O)c1cc(F)ccc1Oc1nncnc1N1CCC2(C1)CN([C@H](CCCN(C)[C@H](C)CC(=O)NC)C(C)C)C2)C(C)C. The first-order valence-corrected chi connectivity index (χ1v) is 16.7. The fourth-order valence-corrected chi connectivity index (χ4v) is 6.96. The van der Waals surface area contributed by atoms with Gasteiger partial charge in [-0.05, 0) is 84.7 Å². The van der Waals surface area contributed by atoms with Crippen LogP contribution in [0.3, 0.4) is 0 Å². The van der Waals surface area contributed by atoms with Gasteiger partial charge in [-0.2, -0.15) is 0 Å². The van der Waals surface area contributed by atoms with Gasteiger partial charge in [0.05, 0.1) is 5.56 Å². The molecule has 4 rings (SSSR count). The predicted molar refractivity (Wildman–Crippen MR) is 178 cm³/mol. The Morgan fingerprint density at radius 3 is 2.54 bits per heavy atom. The summed E-state index contributed by atoms with van der Waals surface area (Å²) in [6.45, 7) is 17.6. The smallest absolute Gasteiger partial charge is 0.282 e. The summed E-state index contributed by atoms with van der Waals surface area (Å²) in [6, 6.07) is 4.63. The van der Waals surface area contributed by atoms with E-state index in [2.05, 4.69) is 63.0 Å². The molecule has 0 unspecified atom stereocenters. The number of nitrogens with one attached hydrogen (secondary N) is 1. The second kappa shape index (κ2) is 15.5. The first kappa shape index (κ1) is 35.5. The second-order valence-electron chi connectivity index (χ2n) is 13.8. The predicted octanol–water partition coefficient (Wildman–Crippen LogP) is 4.45. The zero-order chi connectivity index (χ0) is 33.6. The van der Waals surface area contributed by atoms with Gasteiger partial charge in [-0.15, -0.1) is 10.2 Å². The van der Waals surface area contributed by atoms with Crippen molar-refractivity contribution in [3.8, 4) is 11.6 Å². The van der Waals surface area contributed by atoms with Crippen molar-refractivity contribution in [3.63, 3.8) is 0 Å². The molecule has 2 aliphatic rings. The average Bonchev–Trinajstić information content (AvgIpc) is 3.45. The third kappa shape index (κ3) is 8.31. The van der Waals surface area contributed by atoms with Crippen LogP contribution in [0.2, 0.25) is 0 Å². The summed E-state index contributed by atoms with van der Waals surface area (Å²) < 4.78 is 20.5. The first-order valence-electron chi connectivity index (χ1n) is 16.7. The third-order valence-corrected chi connectivity index (χ3v) is 9.75. The maximum Gasteiger partial charge on any atom is 0.282 e. The van der Waals surface area contributed by atoms with E-state index in [9.17, 15) is 14.0 Å². The first-order chi connectivity index (χ1) is 21.9. The van der Waals surface area contributed by atoms with E-state index in [1.807, 2.05) is 20.8 Å². The van der Waals surface area contributed by atoms with Crippen LogP contribution in [0.15, 0.2) is 24.5 Å². The van der Waals surface area contributed by atoms with Crippen LogP contribution in [0.1, 0.15) is 77.6 Å². The Hall–Kier alpha value is -3.38. The van der Waals surface area contributed by atoms with E-state index in [0.29, 0.717) is 30.7 Å². The number of anilines is 1. The monoisotopic (exact) mass is 640 g/mol. The highest BCUT2D eigenvalue weighted by Crippen LogP contribution is 2.44. The zero-order valence-corrected chi connectivity index (χ0v) is 28.9. The fraction of sp³-hybridized carbons (Fsp3) is 0.676. The number of amides is 2. The van der Waals surface area contributed by atoms with E-state index >= 15 is 0 Å². The van der Waals surface area contributed by atoms with Crippen LogP contribution in [0.4, 0.5) is 10.2 Å². The number of carbonyl (C=O) groups excluding carboxylic acids is 2. The van der Waals surface area contributed by atoms with Crippen molar-refractivity contribution in [2.45, 2.75) is 85.4 Å². The number of ether oxygens (including phenoxy) is 1. The molecule has 254 valence electrons. The Kier molecular flexibility index (Phi) is 11.9. The number of hydrogen-bond donors (Lipinski definition) is 1. The van der Waals surface area contributed by atoms with Crippen molar-refractivity contribution in [1.29, 1.82) is 0 Å². The van der Waals surface area contributed by atoms with Gasteiger partial charge in [-0.3, -0.25) is 14.5 Å². The van der Waals surface area contributed by atoms with Crippen LogP contribution in [-0.2, 0) is 4.79 Å². The number of carbonyl (C=O) groups is 2. The lowest BCUT2D eigenvalue weighted by Gasteiger charge is -2.53. The highest BCUT2D eigenvalue weighted by molar-refractivity contribution is 5.97. The maximum atomic E-state index is 14.3. The quantitative estimate of drug-likeness (QED) is 0.302. The molecule has 1 aromatic heterocycles. The van der Waals surface area contributed by atoms with Crippen molar-refractivity contribution >= 4 is 17.6 Å². The van der Waals surface area contributed by atoms with E-state index in [1.54, 1.807) is 11.9 Å². The molecule has 2 aromatic rings. The fourth-order valence-electron chi connectivity index (χ4n) is 6.96. The van der Waals surface area contributed by atoms with Crippen LogP contribution in [-0.4, -0.2) is 113 Å². The van der Waals surface area contributed by atoms with E-state index in [0.717, 1.165) is 52.0 Å². The molecule has 46 heavy (non-hydrogen) atoms. The molecule has 11 nitrogen and oxygen atoms in total. The van der Waals surface area contributed by atoms with Crippen LogP contribution >= 0.6 is 0 Å². The van der Waals surface area contributed by atoms with Gasteiger partial charge in [-0.25, -0.2) is 9.37 Å². The Bertz CT molecular complexity index is 1340. The maximum absolute atomic E-state index is 14.3. The Morgan fingerprint density at radius 2 is 1.89 bits per heavy atom. The lowest BCUT2D eigenvalue weighted by molar-refractivity contribution is -0.121. The molecule has 3 heterocycles. The van der Waals surface area contributed by atoms with Crippen LogP contribution in [0, 0.1) is 17.2 Å². The van der Waals surface area contributed by atoms with E-state index < -0.39 is 5.82 Å². The normalized spacial score (nSPS) is 17.4. The molecule has 2 saturated heterocycles. The number of halogens is 1. The minimum Gasteiger partial charge on any atom is -0.434 e. The molecular weight excluding hydrogens is 587 g/mol. The molecule has 0 radical (unpaired) electrons. The molecule has 1 N–H and O–H groups in total. The van der Waals surface area contributed by atoms with Crippen LogP contribution in [0.5, 0.6) is 11.6 Å². The van der Waals surface area contributed by atoms with E-state index in [1.165, 1.54) is 24.5 Å². The molecule has 2 fully saturated rings. The molecule has 12 heteroatoms. The Balaban J connectivity index is 1.39. The highest BCUT2D eigenvalue weighted by Gasteiger charge is 2.50. The largest absolute Gasteiger partial charge is 0.434 e. The van der Waals surface area contributed by atoms with E-state index in [4.69, 9.17) is 4.74 Å². The Labute approximate surface area is 273 Å².